The van der Waals surface area contributed by atoms with E-state index >= 15 is 0 Å². The van der Waals surface area contributed by atoms with Crippen molar-refractivity contribution in [2.75, 3.05) is 0 Å². The SMILES string of the molecule is O=c1c2ncnn2c2ccc(C(F)(F)F)nc2n1-c1ccc(OC(F)F)cc1. The maximum atomic E-state index is 13.1. The van der Waals surface area contributed by atoms with E-state index in [1.54, 1.807) is 0 Å². The van der Waals surface area contributed by atoms with Gasteiger partial charge in [0, 0.05) is 0 Å². The number of halogens is 5. The summed E-state index contributed by atoms with van der Waals surface area (Å²) >= 11 is 0. The van der Waals surface area contributed by atoms with Gasteiger partial charge in [0.1, 0.15) is 23.3 Å². The minimum atomic E-state index is -4.73. The van der Waals surface area contributed by atoms with Crippen LogP contribution in [0.2, 0.25) is 0 Å². The molecule has 0 spiro atoms. The Morgan fingerprint density at radius 1 is 1.00 bits per heavy atom. The van der Waals surface area contributed by atoms with E-state index in [1.807, 2.05) is 0 Å². The number of alkyl halides is 5. The number of pyridine rings is 1. The monoisotopic (exact) mass is 397 g/mol. The minimum absolute atomic E-state index is 0.0916. The van der Waals surface area contributed by atoms with Crippen molar-refractivity contribution >= 4 is 16.8 Å². The Labute approximate surface area is 151 Å². The van der Waals surface area contributed by atoms with Crippen LogP contribution >= 0.6 is 0 Å². The van der Waals surface area contributed by atoms with Gasteiger partial charge in [-0.1, -0.05) is 0 Å². The van der Waals surface area contributed by atoms with Crippen molar-refractivity contribution in [1.29, 1.82) is 0 Å². The third-order valence-corrected chi connectivity index (χ3v) is 3.85. The quantitative estimate of drug-likeness (QED) is 0.497. The zero-order valence-corrected chi connectivity index (χ0v) is 13.6. The van der Waals surface area contributed by atoms with Gasteiger partial charge in [-0.3, -0.25) is 9.36 Å². The van der Waals surface area contributed by atoms with Crippen LogP contribution < -0.4 is 10.3 Å². The molecule has 0 unspecified atom stereocenters. The molecule has 0 amide bonds. The molecule has 0 aliphatic rings. The lowest BCUT2D eigenvalue weighted by Gasteiger charge is -2.13. The van der Waals surface area contributed by atoms with E-state index in [0.717, 1.165) is 39.7 Å². The number of hydrogen-bond donors (Lipinski definition) is 0. The fraction of sp³-hybridized carbons (Fsp3) is 0.125. The summed E-state index contributed by atoms with van der Waals surface area (Å²) < 4.78 is 70.1. The number of rotatable bonds is 3. The molecular weight excluding hydrogens is 389 g/mol. The second kappa shape index (κ2) is 6.25. The van der Waals surface area contributed by atoms with Gasteiger partial charge < -0.3 is 4.74 Å². The van der Waals surface area contributed by atoms with Gasteiger partial charge in [0.2, 0.25) is 5.65 Å². The number of hydrogen-bond acceptors (Lipinski definition) is 5. The van der Waals surface area contributed by atoms with E-state index in [4.69, 9.17) is 0 Å². The molecule has 12 heteroatoms. The molecule has 0 saturated carbocycles. The summed E-state index contributed by atoms with van der Waals surface area (Å²) in [4.78, 5) is 20.2. The molecule has 3 heterocycles. The highest BCUT2D eigenvalue weighted by molar-refractivity contribution is 5.76. The van der Waals surface area contributed by atoms with Crippen molar-refractivity contribution in [2.24, 2.45) is 0 Å². The molecular formula is C16H8F5N5O2. The first-order valence-corrected chi connectivity index (χ1v) is 7.63. The highest BCUT2D eigenvalue weighted by atomic mass is 19.4. The lowest BCUT2D eigenvalue weighted by Crippen LogP contribution is -2.24. The van der Waals surface area contributed by atoms with Crippen molar-refractivity contribution < 1.29 is 26.7 Å². The fourth-order valence-corrected chi connectivity index (χ4v) is 2.70. The van der Waals surface area contributed by atoms with E-state index in [-0.39, 0.29) is 28.2 Å². The topological polar surface area (TPSA) is 74.3 Å². The van der Waals surface area contributed by atoms with E-state index in [2.05, 4.69) is 19.8 Å². The number of ether oxygens (including phenoxy) is 1. The van der Waals surface area contributed by atoms with Gasteiger partial charge in [-0.05, 0) is 36.4 Å². The fourth-order valence-electron chi connectivity index (χ4n) is 2.70. The van der Waals surface area contributed by atoms with Crippen molar-refractivity contribution in [3.8, 4) is 11.4 Å². The maximum Gasteiger partial charge on any atom is 0.433 e. The molecule has 0 saturated heterocycles. The number of benzene rings is 1. The summed E-state index contributed by atoms with van der Waals surface area (Å²) in [7, 11) is 0. The molecule has 1 aromatic carbocycles. The average molecular weight is 397 g/mol. The summed E-state index contributed by atoms with van der Waals surface area (Å²) in [5.41, 5.74) is -2.24. The summed E-state index contributed by atoms with van der Waals surface area (Å²) in [6.07, 6.45) is -3.65. The predicted octanol–water partition coefficient (Wildman–Crippen LogP) is 3.05. The zero-order chi connectivity index (χ0) is 20.1. The van der Waals surface area contributed by atoms with Crippen LogP contribution in [0.4, 0.5) is 22.0 Å². The molecule has 0 aliphatic heterocycles. The van der Waals surface area contributed by atoms with Gasteiger partial charge in [0.25, 0.3) is 0 Å². The van der Waals surface area contributed by atoms with Gasteiger partial charge in [-0.15, -0.1) is 0 Å². The van der Waals surface area contributed by atoms with Gasteiger partial charge in [-0.2, -0.15) is 27.1 Å². The predicted molar refractivity (Wildman–Crippen MR) is 85.5 cm³/mol. The summed E-state index contributed by atoms with van der Waals surface area (Å²) in [5, 5.41) is 3.85. The Hall–Kier alpha value is -3.57. The Morgan fingerprint density at radius 3 is 2.36 bits per heavy atom. The van der Waals surface area contributed by atoms with Crippen molar-refractivity contribution in [3.63, 3.8) is 0 Å². The smallest absolute Gasteiger partial charge is 0.433 e. The van der Waals surface area contributed by atoms with Gasteiger partial charge in [0.15, 0.2) is 5.65 Å². The van der Waals surface area contributed by atoms with Crippen LogP contribution in [0.1, 0.15) is 5.69 Å². The van der Waals surface area contributed by atoms with Gasteiger partial charge in [0.05, 0.1) is 5.69 Å². The number of nitrogens with zero attached hydrogens (tertiary/aromatic N) is 5. The first-order valence-electron chi connectivity index (χ1n) is 7.63. The molecule has 4 rings (SSSR count). The Kier molecular flexibility index (Phi) is 3.98. The third kappa shape index (κ3) is 2.92. The summed E-state index contributed by atoms with van der Waals surface area (Å²) in [6, 6.07) is 6.68. The minimum Gasteiger partial charge on any atom is -0.435 e. The molecule has 3 aromatic heterocycles. The maximum absolute atomic E-state index is 13.1. The number of fused-ring (bicyclic) bond motifs is 3. The van der Waals surface area contributed by atoms with E-state index in [1.165, 1.54) is 12.1 Å². The normalized spacial score (nSPS) is 12.2. The van der Waals surface area contributed by atoms with E-state index in [9.17, 15) is 26.7 Å². The second-order valence-electron chi connectivity index (χ2n) is 5.55. The molecule has 0 radical (unpaired) electrons. The lowest BCUT2D eigenvalue weighted by atomic mass is 10.2. The van der Waals surface area contributed by atoms with Crippen molar-refractivity contribution in [2.45, 2.75) is 12.8 Å². The molecule has 0 bridgehead atoms. The highest BCUT2D eigenvalue weighted by Crippen LogP contribution is 2.29. The molecule has 0 N–H and O–H groups in total. The molecule has 0 aliphatic carbocycles. The van der Waals surface area contributed by atoms with E-state index < -0.39 is 24.0 Å². The first-order chi connectivity index (χ1) is 13.3. The van der Waals surface area contributed by atoms with Crippen molar-refractivity contribution in [1.82, 2.24) is 24.1 Å². The van der Waals surface area contributed by atoms with Crippen LogP contribution in [0.5, 0.6) is 5.75 Å². The Bertz CT molecular complexity index is 1230. The second-order valence-corrected chi connectivity index (χ2v) is 5.55. The number of aromatic nitrogens is 5. The van der Waals surface area contributed by atoms with Crippen LogP contribution in [0.3, 0.4) is 0 Å². The molecule has 4 aromatic rings. The highest BCUT2D eigenvalue weighted by Gasteiger charge is 2.33. The Morgan fingerprint density at radius 2 is 1.71 bits per heavy atom. The van der Waals surface area contributed by atoms with Crippen LogP contribution in [0.15, 0.2) is 47.5 Å². The lowest BCUT2D eigenvalue weighted by molar-refractivity contribution is -0.141. The summed E-state index contributed by atoms with van der Waals surface area (Å²) in [6.45, 7) is -3.04. The van der Waals surface area contributed by atoms with Crippen LogP contribution in [0, 0.1) is 0 Å². The Balaban J connectivity index is 2.02. The van der Waals surface area contributed by atoms with Crippen LogP contribution in [-0.2, 0) is 6.18 Å². The molecule has 0 fully saturated rings. The standard InChI is InChI=1S/C16H8F5N5O2/c17-15(18)28-9-3-1-8(2-4-9)25-12-10(5-6-11(24-12)16(19,20)21)26-13(14(25)27)22-7-23-26/h1-7,15H. The van der Waals surface area contributed by atoms with Crippen LogP contribution in [-0.4, -0.2) is 30.8 Å². The molecule has 28 heavy (non-hydrogen) atoms. The zero-order valence-electron chi connectivity index (χ0n) is 13.6. The first kappa shape index (κ1) is 17.8. The van der Waals surface area contributed by atoms with Crippen molar-refractivity contribution in [3.05, 3.63) is 58.8 Å². The average Bonchev–Trinajstić information content (AvgIpc) is 3.12. The summed E-state index contributed by atoms with van der Waals surface area (Å²) in [5.74, 6) is -0.177. The van der Waals surface area contributed by atoms with Crippen LogP contribution in [0.25, 0.3) is 22.5 Å². The van der Waals surface area contributed by atoms with Gasteiger partial charge in [-0.25, -0.2) is 14.5 Å². The largest absolute Gasteiger partial charge is 0.435 e. The molecule has 144 valence electrons. The van der Waals surface area contributed by atoms with E-state index in [0.29, 0.717) is 0 Å². The molecule has 0 atom stereocenters. The third-order valence-electron chi connectivity index (χ3n) is 3.85. The molecule has 7 nitrogen and oxygen atoms in total. The van der Waals surface area contributed by atoms with Gasteiger partial charge >= 0.3 is 18.3 Å².